The van der Waals surface area contributed by atoms with Gasteiger partial charge in [0.05, 0.1) is 6.42 Å². The molecular formula is C12H13FN2O2. The predicted molar refractivity (Wildman–Crippen MR) is 60.9 cm³/mol. The third-order valence-electron chi connectivity index (χ3n) is 2.88. The van der Waals surface area contributed by atoms with Gasteiger partial charge in [0.25, 0.3) is 5.91 Å². The lowest BCUT2D eigenvalue weighted by molar-refractivity contribution is -0.136. The van der Waals surface area contributed by atoms with Gasteiger partial charge in [0, 0.05) is 12.7 Å². The number of carbonyl (C=O) groups excluding carboxylic acids is 2. The van der Waals surface area contributed by atoms with Crippen molar-refractivity contribution in [3.63, 3.8) is 0 Å². The van der Waals surface area contributed by atoms with Crippen molar-refractivity contribution in [2.24, 2.45) is 0 Å². The number of hydrogen-bond donors (Lipinski definition) is 1. The first-order chi connectivity index (χ1) is 7.99. The van der Waals surface area contributed by atoms with Crippen molar-refractivity contribution < 1.29 is 14.0 Å². The van der Waals surface area contributed by atoms with Crippen LogP contribution in [0, 0.1) is 12.7 Å². The van der Waals surface area contributed by atoms with Crippen molar-refractivity contribution >= 4 is 17.5 Å². The van der Waals surface area contributed by atoms with Crippen LogP contribution < -0.4 is 5.32 Å². The van der Waals surface area contributed by atoms with Crippen molar-refractivity contribution in [3.05, 3.63) is 29.6 Å². The number of likely N-dealkylation sites (tertiary alicyclic amines) is 1. The van der Waals surface area contributed by atoms with Crippen LogP contribution in [0.4, 0.5) is 10.1 Å². The zero-order valence-electron chi connectivity index (χ0n) is 9.66. The van der Waals surface area contributed by atoms with Crippen LogP contribution in [0.15, 0.2) is 18.2 Å². The molecule has 0 aliphatic carbocycles. The second-order valence-corrected chi connectivity index (χ2v) is 4.16. The molecule has 1 fully saturated rings. The van der Waals surface area contributed by atoms with Gasteiger partial charge in [0.1, 0.15) is 11.9 Å². The molecule has 0 saturated carbocycles. The molecular weight excluding hydrogens is 223 g/mol. The van der Waals surface area contributed by atoms with E-state index in [1.54, 1.807) is 19.1 Å². The Bertz CT molecular complexity index is 487. The lowest BCUT2D eigenvalue weighted by Gasteiger charge is -2.12. The van der Waals surface area contributed by atoms with E-state index < -0.39 is 6.04 Å². The van der Waals surface area contributed by atoms with Gasteiger partial charge < -0.3 is 5.32 Å². The molecule has 0 radical (unpaired) electrons. The van der Waals surface area contributed by atoms with E-state index >= 15 is 0 Å². The Morgan fingerprint density at radius 1 is 1.41 bits per heavy atom. The van der Waals surface area contributed by atoms with E-state index in [0.717, 1.165) is 4.90 Å². The number of anilines is 1. The number of halogens is 1. The maximum Gasteiger partial charge on any atom is 0.251 e. The van der Waals surface area contributed by atoms with E-state index in [0.29, 0.717) is 11.3 Å². The highest BCUT2D eigenvalue weighted by molar-refractivity contribution is 6.06. The molecule has 17 heavy (non-hydrogen) atoms. The van der Waals surface area contributed by atoms with E-state index in [1.165, 1.54) is 13.1 Å². The minimum Gasteiger partial charge on any atom is -0.373 e. The number of carbonyl (C=O) groups is 2. The summed E-state index contributed by atoms with van der Waals surface area (Å²) in [6.45, 7) is 1.65. The Kier molecular flexibility index (Phi) is 2.83. The average Bonchev–Trinajstić information content (AvgIpc) is 2.52. The minimum atomic E-state index is -0.544. The van der Waals surface area contributed by atoms with Crippen LogP contribution in [-0.4, -0.2) is 29.8 Å². The molecule has 0 aromatic heterocycles. The third kappa shape index (κ3) is 2.13. The lowest BCUT2D eigenvalue weighted by Crippen LogP contribution is -2.31. The summed E-state index contributed by atoms with van der Waals surface area (Å²) < 4.78 is 13.1. The Morgan fingerprint density at radius 3 is 2.65 bits per heavy atom. The van der Waals surface area contributed by atoms with Gasteiger partial charge in [0.2, 0.25) is 5.91 Å². The van der Waals surface area contributed by atoms with Crippen molar-refractivity contribution in [2.75, 3.05) is 12.4 Å². The monoisotopic (exact) mass is 236 g/mol. The Morgan fingerprint density at radius 2 is 2.12 bits per heavy atom. The van der Waals surface area contributed by atoms with Crippen LogP contribution in [0.1, 0.15) is 12.0 Å². The SMILES string of the molecule is Cc1cc(NC2CC(=O)N(C)C2=O)ccc1F. The van der Waals surface area contributed by atoms with Gasteiger partial charge in [-0.1, -0.05) is 0 Å². The van der Waals surface area contributed by atoms with Crippen molar-refractivity contribution in [1.29, 1.82) is 0 Å². The molecule has 1 atom stereocenters. The highest BCUT2D eigenvalue weighted by Gasteiger charge is 2.35. The van der Waals surface area contributed by atoms with Crippen molar-refractivity contribution in [3.8, 4) is 0 Å². The molecule has 1 saturated heterocycles. The third-order valence-corrected chi connectivity index (χ3v) is 2.88. The molecule has 1 aromatic rings. The molecule has 1 heterocycles. The van der Waals surface area contributed by atoms with E-state index in [4.69, 9.17) is 0 Å². The fraction of sp³-hybridized carbons (Fsp3) is 0.333. The molecule has 4 nitrogen and oxygen atoms in total. The topological polar surface area (TPSA) is 49.4 Å². The predicted octanol–water partition coefficient (Wildman–Crippen LogP) is 1.30. The van der Waals surface area contributed by atoms with Gasteiger partial charge in [-0.15, -0.1) is 0 Å². The highest BCUT2D eigenvalue weighted by Crippen LogP contribution is 2.19. The van der Waals surface area contributed by atoms with Gasteiger partial charge in [-0.2, -0.15) is 0 Å². The first-order valence-corrected chi connectivity index (χ1v) is 5.32. The summed E-state index contributed by atoms with van der Waals surface area (Å²) in [4.78, 5) is 24.1. The maximum absolute atomic E-state index is 13.1. The van der Waals surface area contributed by atoms with Gasteiger partial charge in [-0.05, 0) is 30.7 Å². The normalized spacial score (nSPS) is 19.9. The van der Waals surface area contributed by atoms with Crippen LogP contribution in [-0.2, 0) is 9.59 Å². The van der Waals surface area contributed by atoms with Gasteiger partial charge >= 0.3 is 0 Å². The fourth-order valence-corrected chi connectivity index (χ4v) is 1.80. The summed E-state index contributed by atoms with van der Waals surface area (Å²) in [6, 6.07) is 3.96. The molecule has 2 rings (SSSR count). The summed E-state index contributed by atoms with van der Waals surface area (Å²) in [7, 11) is 1.46. The molecule has 90 valence electrons. The first-order valence-electron chi connectivity index (χ1n) is 5.32. The van der Waals surface area contributed by atoms with E-state index in [9.17, 15) is 14.0 Å². The maximum atomic E-state index is 13.1. The largest absolute Gasteiger partial charge is 0.373 e. The van der Waals surface area contributed by atoms with E-state index in [1.807, 2.05) is 0 Å². The number of nitrogens with one attached hydrogen (secondary N) is 1. The zero-order valence-corrected chi connectivity index (χ0v) is 9.66. The molecule has 0 spiro atoms. The summed E-state index contributed by atoms with van der Waals surface area (Å²) in [5.41, 5.74) is 1.14. The van der Waals surface area contributed by atoms with Gasteiger partial charge in [0.15, 0.2) is 0 Å². The number of likely N-dealkylation sites (N-methyl/N-ethyl adjacent to an activating group) is 1. The lowest BCUT2D eigenvalue weighted by atomic mass is 10.2. The smallest absolute Gasteiger partial charge is 0.251 e. The number of amides is 2. The number of nitrogens with zero attached hydrogens (tertiary/aromatic N) is 1. The zero-order chi connectivity index (χ0) is 12.6. The molecule has 1 N–H and O–H groups in total. The second-order valence-electron chi connectivity index (χ2n) is 4.16. The number of aryl methyl sites for hydroxylation is 1. The quantitative estimate of drug-likeness (QED) is 0.787. The van der Waals surface area contributed by atoms with Crippen LogP contribution >= 0.6 is 0 Å². The summed E-state index contributed by atoms with van der Waals surface area (Å²) >= 11 is 0. The summed E-state index contributed by atoms with van der Waals surface area (Å²) in [5, 5.41) is 2.94. The molecule has 0 bridgehead atoms. The van der Waals surface area contributed by atoms with E-state index in [2.05, 4.69) is 5.32 Å². The first kappa shape index (κ1) is 11.6. The van der Waals surface area contributed by atoms with Crippen LogP contribution in [0.25, 0.3) is 0 Å². The van der Waals surface area contributed by atoms with Crippen LogP contribution in [0.2, 0.25) is 0 Å². The highest BCUT2D eigenvalue weighted by atomic mass is 19.1. The molecule has 2 amide bonds. The molecule has 1 aliphatic heterocycles. The molecule has 1 aromatic carbocycles. The van der Waals surface area contributed by atoms with Gasteiger partial charge in [-0.25, -0.2) is 4.39 Å². The Balaban J connectivity index is 2.14. The Hall–Kier alpha value is -1.91. The number of imide groups is 1. The van der Waals surface area contributed by atoms with Crippen LogP contribution in [0.3, 0.4) is 0 Å². The molecule has 1 aliphatic rings. The van der Waals surface area contributed by atoms with Gasteiger partial charge in [-0.3, -0.25) is 14.5 Å². The minimum absolute atomic E-state index is 0.145. The summed E-state index contributed by atoms with van der Waals surface area (Å²) in [6.07, 6.45) is 0.145. The second kappa shape index (κ2) is 4.16. The number of rotatable bonds is 2. The van der Waals surface area contributed by atoms with Crippen molar-refractivity contribution in [1.82, 2.24) is 4.90 Å². The van der Waals surface area contributed by atoms with Crippen LogP contribution in [0.5, 0.6) is 0 Å². The number of benzene rings is 1. The van der Waals surface area contributed by atoms with E-state index in [-0.39, 0.29) is 24.1 Å². The fourth-order valence-electron chi connectivity index (χ4n) is 1.80. The standard InChI is InChI=1S/C12H13FN2O2/c1-7-5-8(3-4-9(7)13)14-10-6-11(16)15(2)12(10)17/h3-5,10,14H,6H2,1-2H3. The molecule has 1 unspecified atom stereocenters. The van der Waals surface area contributed by atoms with Crippen molar-refractivity contribution in [2.45, 2.75) is 19.4 Å². The number of hydrogen-bond acceptors (Lipinski definition) is 3. The molecule has 5 heteroatoms. The Labute approximate surface area is 98.4 Å². The summed E-state index contributed by atoms with van der Waals surface area (Å²) in [5.74, 6) is -0.746. The average molecular weight is 236 g/mol.